The minimum atomic E-state index is -4.77. The summed E-state index contributed by atoms with van der Waals surface area (Å²) in [5, 5.41) is 2.21. The minimum absolute atomic E-state index is 0.0316. The number of carbonyl (C=O) groups is 2. The number of amides is 1. The molecular weight excluding hydrogens is 412 g/mol. The first-order valence-electron chi connectivity index (χ1n) is 6.56. The molecule has 5 nitrogen and oxygen atoms in total. The Morgan fingerprint density at radius 3 is 2.52 bits per heavy atom. The van der Waals surface area contributed by atoms with E-state index in [4.69, 9.17) is 0 Å². The molecule has 132 valence electrons. The maximum atomic E-state index is 13.9. The third-order valence-electron chi connectivity index (χ3n) is 3.04. The summed E-state index contributed by atoms with van der Waals surface area (Å²) in [5.41, 5.74) is -2.11. The molecule has 0 aliphatic rings. The van der Waals surface area contributed by atoms with Gasteiger partial charge in [-0.05, 0) is 40.2 Å². The molecule has 1 N–H and O–H groups in total. The van der Waals surface area contributed by atoms with Gasteiger partial charge in [0.05, 0.1) is 18.2 Å². The van der Waals surface area contributed by atoms with Crippen molar-refractivity contribution < 1.29 is 31.9 Å². The van der Waals surface area contributed by atoms with E-state index in [1.54, 1.807) is 0 Å². The number of rotatable bonds is 3. The number of nitrogens with one attached hydrogen (secondary N) is 1. The molecule has 25 heavy (non-hydrogen) atoms. The summed E-state index contributed by atoms with van der Waals surface area (Å²) < 4.78 is 56.3. The smallest absolute Gasteiger partial charge is 0.417 e. The van der Waals surface area contributed by atoms with Crippen LogP contribution in [0.5, 0.6) is 0 Å². The number of methoxy groups -OCH3 is 1. The molecule has 0 spiro atoms. The number of hydrogen-bond donors (Lipinski definition) is 1. The van der Waals surface area contributed by atoms with Gasteiger partial charge in [-0.15, -0.1) is 0 Å². The maximum absolute atomic E-state index is 13.9. The second kappa shape index (κ2) is 7.18. The van der Waals surface area contributed by atoms with Crippen LogP contribution in [0.4, 0.5) is 23.2 Å². The number of aromatic nitrogens is 1. The van der Waals surface area contributed by atoms with Crippen molar-refractivity contribution in [3.63, 3.8) is 0 Å². The SMILES string of the molecule is COC(=O)c1cc(NC(=O)c2c(F)ccc(C(F)(F)F)c2Br)ccn1. The zero-order valence-corrected chi connectivity index (χ0v) is 14.0. The van der Waals surface area contributed by atoms with Crippen molar-refractivity contribution in [3.8, 4) is 0 Å². The highest BCUT2D eigenvalue weighted by Crippen LogP contribution is 2.37. The number of ether oxygens (including phenoxy) is 1. The number of pyridine rings is 1. The highest BCUT2D eigenvalue weighted by molar-refractivity contribution is 9.10. The molecule has 1 heterocycles. The highest BCUT2D eigenvalue weighted by atomic mass is 79.9. The van der Waals surface area contributed by atoms with Gasteiger partial charge in [0.2, 0.25) is 0 Å². The van der Waals surface area contributed by atoms with Crippen molar-refractivity contribution in [1.82, 2.24) is 4.98 Å². The molecule has 0 aliphatic carbocycles. The summed E-state index contributed by atoms with van der Waals surface area (Å²) in [6, 6.07) is 3.50. The van der Waals surface area contributed by atoms with Crippen LogP contribution in [0.2, 0.25) is 0 Å². The molecule has 2 rings (SSSR count). The van der Waals surface area contributed by atoms with Crippen LogP contribution >= 0.6 is 15.9 Å². The third-order valence-corrected chi connectivity index (χ3v) is 3.86. The van der Waals surface area contributed by atoms with Crippen molar-refractivity contribution >= 4 is 33.5 Å². The number of benzene rings is 1. The van der Waals surface area contributed by atoms with Crippen molar-refractivity contribution in [2.75, 3.05) is 12.4 Å². The summed E-state index contributed by atoms with van der Waals surface area (Å²) in [6.07, 6.45) is -3.59. The van der Waals surface area contributed by atoms with Gasteiger partial charge in [0.15, 0.2) is 0 Å². The van der Waals surface area contributed by atoms with E-state index in [0.29, 0.717) is 12.1 Å². The maximum Gasteiger partial charge on any atom is 0.417 e. The van der Waals surface area contributed by atoms with E-state index in [1.165, 1.54) is 12.3 Å². The van der Waals surface area contributed by atoms with E-state index >= 15 is 0 Å². The van der Waals surface area contributed by atoms with E-state index in [0.717, 1.165) is 13.2 Å². The molecule has 2 aromatic rings. The van der Waals surface area contributed by atoms with E-state index in [1.807, 2.05) is 0 Å². The quantitative estimate of drug-likeness (QED) is 0.600. The number of alkyl halides is 3. The molecule has 10 heteroatoms. The number of anilines is 1. The van der Waals surface area contributed by atoms with Crippen LogP contribution in [0.15, 0.2) is 34.9 Å². The van der Waals surface area contributed by atoms with Crippen LogP contribution in [-0.4, -0.2) is 24.0 Å². The lowest BCUT2D eigenvalue weighted by Gasteiger charge is -2.13. The Morgan fingerprint density at radius 2 is 1.92 bits per heavy atom. The third kappa shape index (κ3) is 4.13. The fourth-order valence-corrected chi connectivity index (χ4v) is 2.62. The summed E-state index contributed by atoms with van der Waals surface area (Å²) in [7, 11) is 1.13. The van der Waals surface area contributed by atoms with E-state index in [9.17, 15) is 27.2 Å². The Kier molecular flexibility index (Phi) is 5.41. The van der Waals surface area contributed by atoms with Gasteiger partial charge in [0.25, 0.3) is 5.91 Å². The topological polar surface area (TPSA) is 68.3 Å². The Bertz CT molecular complexity index is 840. The molecule has 1 aromatic heterocycles. The zero-order valence-electron chi connectivity index (χ0n) is 12.4. The van der Waals surface area contributed by atoms with Gasteiger partial charge in [-0.1, -0.05) is 0 Å². The Morgan fingerprint density at radius 1 is 1.24 bits per heavy atom. The Hall–Kier alpha value is -2.49. The summed E-state index contributed by atoms with van der Waals surface area (Å²) in [4.78, 5) is 27.3. The van der Waals surface area contributed by atoms with Gasteiger partial charge >= 0.3 is 12.1 Å². The van der Waals surface area contributed by atoms with E-state index < -0.39 is 39.5 Å². The fraction of sp³-hybridized carbons (Fsp3) is 0.133. The molecule has 1 amide bonds. The van der Waals surface area contributed by atoms with Gasteiger partial charge in [-0.3, -0.25) is 4.79 Å². The number of carbonyl (C=O) groups excluding carboxylic acids is 2. The fourth-order valence-electron chi connectivity index (χ4n) is 1.90. The zero-order chi connectivity index (χ0) is 18.8. The van der Waals surface area contributed by atoms with Crippen molar-refractivity contribution in [1.29, 1.82) is 0 Å². The first-order chi connectivity index (χ1) is 11.6. The normalized spacial score (nSPS) is 11.1. The first-order valence-corrected chi connectivity index (χ1v) is 7.35. The van der Waals surface area contributed by atoms with E-state index in [-0.39, 0.29) is 11.4 Å². The summed E-state index contributed by atoms with van der Waals surface area (Å²) in [5.74, 6) is -3.04. The highest BCUT2D eigenvalue weighted by Gasteiger charge is 2.35. The standard InChI is InChI=1S/C15H9BrF4N2O3/c1-25-14(24)10-6-7(4-5-21-10)22-13(23)11-9(17)3-2-8(12(11)16)15(18,19)20/h2-6H,1H3,(H,21,22,23). The number of esters is 1. The second-order valence-corrected chi connectivity index (χ2v) is 5.45. The van der Waals surface area contributed by atoms with Gasteiger partial charge in [-0.25, -0.2) is 14.2 Å². The molecule has 0 radical (unpaired) electrons. The van der Waals surface area contributed by atoms with Crippen LogP contribution in [0.1, 0.15) is 26.4 Å². The average molecular weight is 421 g/mol. The van der Waals surface area contributed by atoms with Gasteiger partial charge < -0.3 is 10.1 Å². The van der Waals surface area contributed by atoms with Crippen LogP contribution in [0.25, 0.3) is 0 Å². The summed E-state index contributed by atoms with van der Waals surface area (Å²) in [6.45, 7) is 0. The van der Waals surface area contributed by atoms with Crippen molar-refractivity contribution in [3.05, 3.63) is 57.6 Å². The Balaban J connectivity index is 2.38. The average Bonchev–Trinajstić information content (AvgIpc) is 2.53. The molecule has 0 fully saturated rings. The molecular formula is C15H9BrF4N2O3. The van der Waals surface area contributed by atoms with Crippen LogP contribution in [-0.2, 0) is 10.9 Å². The predicted octanol–water partition coefficient (Wildman–Crippen LogP) is 4.04. The largest absolute Gasteiger partial charge is 0.464 e. The predicted molar refractivity (Wildman–Crippen MR) is 82.6 cm³/mol. The molecule has 1 aromatic carbocycles. The first kappa shape index (κ1) is 18.8. The van der Waals surface area contributed by atoms with Crippen LogP contribution < -0.4 is 5.32 Å². The molecule has 0 aliphatic heterocycles. The summed E-state index contributed by atoms with van der Waals surface area (Å²) >= 11 is 2.62. The van der Waals surface area contributed by atoms with Crippen LogP contribution in [0.3, 0.4) is 0 Å². The number of hydrogen-bond acceptors (Lipinski definition) is 4. The Labute approximate surface area is 147 Å². The van der Waals surface area contributed by atoms with Crippen molar-refractivity contribution in [2.24, 2.45) is 0 Å². The minimum Gasteiger partial charge on any atom is -0.464 e. The lowest BCUT2D eigenvalue weighted by molar-refractivity contribution is -0.138. The number of halogens is 5. The monoisotopic (exact) mass is 420 g/mol. The van der Waals surface area contributed by atoms with Crippen LogP contribution in [0, 0.1) is 5.82 Å². The molecule has 0 atom stereocenters. The molecule has 0 saturated heterocycles. The van der Waals surface area contributed by atoms with E-state index in [2.05, 4.69) is 31.0 Å². The van der Waals surface area contributed by atoms with Gasteiger partial charge in [-0.2, -0.15) is 13.2 Å². The molecule has 0 saturated carbocycles. The van der Waals surface area contributed by atoms with Gasteiger partial charge in [0, 0.05) is 16.4 Å². The lowest BCUT2D eigenvalue weighted by Crippen LogP contribution is -2.18. The molecule has 0 bridgehead atoms. The number of nitrogens with zero attached hydrogens (tertiary/aromatic N) is 1. The lowest BCUT2D eigenvalue weighted by atomic mass is 10.1. The second-order valence-electron chi connectivity index (χ2n) is 4.66. The molecule has 0 unspecified atom stereocenters. The van der Waals surface area contributed by atoms with Crippen molar-refractivity contribution in [2.45, 2.75) is 6.18 Å². The van der Waals surface area contributed by atoms with Gasteiger partial charge in [0.1, 0.15) is 11.5 Å².